The number of carbonyl (C=O) groups is 1. The molecule has 5 nitrogen and oxygen atoms in total. The van der Waals surface area contributed by atoms with E-state index in [-0.39, 0.29) is 31.1 Å². The largest absolute Gasteiger partial charge is 0.334 e. The number of ketones is 1. The van der Waals surface area contributed by atoms with E-state index in [1.165, 1.54) is 0 Å². The topological polar surface area (TPSA) is 72.8 Å². The van der Waals surface area contributed by atoms with Crippen LogP contribution in [0.15, 0.2) is 0 Å². The molecule has 16 heavy (non-hydrogen) atoms. The van der Waals surface area contributed by atoms with Crippen molar-refractivity contribution in [3.8, 4) is 0 Å². The van der Waals surface area contributed by atoms with Gasteiger partial charge >= 0.3 is 0 Å². The molecule has 0 aromatic heterocycles. The van der Waals surface area contributed by atoms with Gasteiger partial charge in [0.25, 0.3) is 0 Å². The van der Waals surface area contributed by atoms with E-state index in [0.717, 1.165) is 13.1 Å². The number of nitrogens with zero attached hydrogens (tertiary/aromatic N) is 1. The molecular formula is C10H23N2O3U-. The number of rotatable bonds is 3. The summed E-state index contributed by atoms with van der Waals surface area (Å²) >= 11 is 0. The number of likely N-dealkylation sites (N-methyl/N-ethyl adjacent to an activating group) is 1. The molecule has 1 aliphatic heterocycles. The molecule has 1 fully saturated rings. The maximum absolute atomic E-state index is 10.8. The first-order chi connectivity index (χ1) is 7.22. The fourth-order valence-electron chi connectivity index (χ4n) is 1.27. The van der Waals surface area contributed by atoms with Crippen LogP contribution in [0.2, 0.25) is 0 Å². The van der Waals surface area contributed by atoms with Crippen LogP contribution in [0.5, 0.6) is 0 Å². The Morgan fingerprint density at radius 1 is 1.50 bits per heavy atom. The standard InChI is InChI=1S/C8H15N2O.C2H6.H2O2.U/c1-3-10(2)6-7-4-8(11)5-9-7;2*1-2;/h7,9H,1,3-6H2,2H3;1-2H3;1-2H;/q-1;;;. The second kappa shape index (κ2) is 15.6. The summed E-state index contributed by atoms with van der Waals surface area (Å²) < 4.78 is 0. The van der Waals surface area contributed by atoms with Crippen molar-refractivity contribution in [3.63, 3.8) is 0 Å². The minimum Gasteiger partial charge on any atom is -0.334 e. The number of carbonyl (C=O) groups excluding carboxylic acids is 1. The molecule has 0 aromatic rings. The Hall–Kier alpha value is 0.562. The van der Waals surface area contributed by atoms with Gasteiger partial charge in [0.15, 0.2) is 0 Å². The minimum absolute atomic E-state index is 0. The van der Waals surface area contributed by atoms with Crippen LogP contribution in [-0.4, -0.2) is 53.9 Å². The molecule has 1 saturated heterocycles. The van der Waals surface area contributed by atoms with Gasteiger partial charge in [-0.15, -0.1) is 6.54 Å². The molecule has 1 atom stereocenters. The van der Waals surface area contributed by atoms with Gasteiger partial charge in [0, 0.05) is 50.1 Å². The first-order valence-corrected chi connectivity index (χ1v) is 5.15. The number of nitrogens with one attached hydrogen (secondary N) is 1. The molecule has 6 heteroatoms. The Bertz CT molecular complexity index is 159. The summed E-state index contributed by atoms with van der Waals surface area (Å²) in [6.45, 7) is 10.0. The molecular weight excluding hydrogens is 434 g/mol. The molecule has 0 aromatic carbocycles. The molecule has 0 radical (unpaired) electrons. The van der Waals surface area contributed by atoms with Crippen LogP contribution in [0.1, 0.15) is 20.3 Å². The Balaban J connectivity index is -0.000000305. The molecule has 0 saturated carbocycles. The van der Waals surface area contributed by atoms with Crippen LogP contribution in [0, 0.1) is 38.0 Å². The van der Waals surface area contributed by atoms with Crippen LogP contribution in [0.25, 0.3) is 0 Å². The van der Waals surface area contributed by atoms with E-state index in [9.17, 15) is 4.79 Å². The van der Waals surface area contributed by atoms with E-state index in [1.54, 1.807) is 0 Å². The van der Waals surface area contributed by atoms with Gasteiger partial charge < -0.3 is 17.1 Å². The zero-order valence-corrected chi connectivity index (χ0v) is 14.5. The van der Waals surface area contributed by atoms with E-state index >= 15 is 0 Å². The quantitative estimate of drug-likeness (QED) is 0.331. The predicted octanol–water partition coefficient (Wildman–Crippen LogP) is 0.727. The zero-order chi connectivity index (χ0) is 12.3. The molecule has 1 unspecified atom stereocenters. The van der Waals surface area contributed by atoms with Crippen molar-refractivity contribution in [2.45, 2.75) is 26.3 Å². The van der Waals surface area contributed by atoms with Crippen LogP contribution in [0.4, 0.5) is 0 Å². The van der Waals surface area contributed by atoms with Crippen molar-refractivity contribution in [3.05, 3.63) is 6.92 Å². The first-order valence-electron chi connectivity index (χ1n) is 5.15. The summed E-state index contributed by atoms with van der Waals surface area (Å²) in [6, 6.07) is 0.356. The van der Waals surface area contributed by atoms with Gasteiger partial charge in [0.1, 0.15) is 5.78 Å². The van der Waals surface area contributed by atoms with Crippen LogP contribution in [-0.2, 0) is 4.79 Å². The molecule has 0 aliphatic carbocycles. The Morgan fingerprint density at radius 2 is 2.00 bits per heavy atom. The second-order valence-electron chi connectivity index (χ2n) is 3.08. The number of hydrogen-bond acceptors (Lipinski definition) is 5. The van der Waals surface area contributed by atoms with Crippen LogP contribution >= 0.6 is 0 Å². The van der Waals surface area contributed by atoms with E-state index in [4.69, 9.17) is 10.5 Å². The van der Waals surface area contributed by atoms with Crippen LogP contribution in [0.3, 0.4) is 0 Å². The normalized spacial score (nSPS) is 17.9. The van der Waals surface area contributed by atoms with Gasteiger partial charge in [0.05, 0.1) is 6.54 Å². The van der Waals surface area contributed by atoms with Gasteiger partial charge in [-0.25, -0.2) is 0 Å². The maximum Gasteiger partial charge on any atom is 0.148 e. The summed E-state index contributed by atoms with van der Waals surface area (Å²) in [5.74, 6) is 0.326. The summed E-state index contributed by atoms with van der Waals surface area (Å²) in [5, 5.41) is 15.2. The van der Waals surface area contributed by atoms with Gasteiger partial charge in [-0.2, -0.15) is 0 Å². The molecule has 0 spiro atoms. The van der Waals surface area contributed by atoms with Crippen molar-refractivity contribution in [2.24, 2.45) is 0 Å². The molecule has 0 amide bonds. The van der Waals surface area contributed by atoms with Crippen molar-refractivity contribution < 1.29 is 46.4 Å². The van der Waals surface area contributed by atoms with Gasteiger partial charge in [0.2, 0.25) is 0 Å². The molecule has 1 rings (SSSR count). The fourth-order valence-corrected chi connectivity index (χ4v) is 1.27. The Morgan fingerprint density at radius 3 is 2.31 bits per heavy atom. The van der Waals surface area contributed by atoms with Crippen LogP contribution < -0.4 is 5.32 Å². The first kappa shape index (κ1) is 21.8. The van der Waals surface area contributed by atoms with Crippen molar-refractivity contribution >= 4 is 5.78 Å². The van der Waals surface area contributed by atoms with E-state index in [2.05, 4.69) is 17.1 Å². The number of Topliss-reactive ketones (excluding diaryl/α,β-unsaturated/α-hetero) is 1. The smallest absolute Gasteiger partial charge is 0.148 e. The molecule has 3 N–H and O–H groups in total. The predicted molar refractivity (Wildman–Crippen MR) is 60.9 cm³/mol. The Labute approximate surface area is 122 Å². The van der Waals surface area contributed by atoms with E-state index < -0.39 is 0 Å². The summed E-state index contributed by atoms with van der Waals surface area (Å²) in [7, 11) is 2.01. The van der Waals surface area contributed by atoms with E-state index in [1.807, 2.05) is 20.9 Å². The summed E-state index contributed by atoms with van der Waals surface area (Å²) in [6.07, 6.45) is 0.685. The average molecular weight is 457 g/mol. The second-order valence-corrected chi connectivity index (χ2v) is 3.08. The third kappa shape index (κ3) is 11.1. The van der Waals surface area contributed by atoms with E-state index in [0.29, 0.717) is 24.8 Å². The minimum atomic E-state index is 0. The molecule has 1 aliphatic rings. The average Bonchev–Trinajstić information content (AvgIpc) is 2.69. The molecule has 0 bridgehead atoms. The Kier molecular flexibility index (Phi) is 21.2. The third-order valence-electron chi connectivity index (χ3n) is 1.98. The molecule has 1 heterocycles. The van der Waals surface area contributed by atoms with Crippen molar-refractivity contribution in [1.82, 2.24) is 10.2 Å². The van der Waals surface area contributed by atoms with Gasteiger partial charge in [-0.05, 0) is 7.05 Å². The summed E-state index contributed by atoms with van der Waals surface area (Å²) in [4.78, 5) is 12.9. The van der Waals surface area contributed by atoms with Crippen molar-refractivity contribution in [2.75, 3.05) is 26.7 Å². The van der Waals surface area contributed by atoms with Gasteiger partial charge in [-0.1, -0.05) is 13.8 Å². The van der Waals surface area contributed by atoms with Gasteiger partial charge in [-0.3, -0.25) is 15.3 Å². The maximum atomic E-state index is 10.8. The third-order valence-corrected chi connectivity index (χ3v) is 1.98. The summed E-state index contributed by atoms with van der Waals surface area (Å²) in [5.41, 5.74) is 0. The van der Waals surface area contributed by atoms with Crippen molar-refractivity contribution in [1.29, 1.82) is 0 Å². The zero-order valence-electron chi connectivity index (χ0n) is 10.4. The SMILES string of the molecule is CC.OO.[CH2-]CN(C)CC1CC(=O)CN1.[U]. The fraction of sp³-hybridized carbons (Fsp3) is 0.800. The monoisotopic (exact) mass is 457 g/mol. The molecule has 96 valence electrons. The number of hydrogen-bond donors (Lipinski definition) is 3.